The van der Waals surface area contributed by atoms with Gasteiger partial charge in [-0.1, -0.05) is 29.3 Å². The van der Waals surface area contributed by atoms with Crippen LogP contribution >= 0.6 is 23.2 Å². The molecule has 0 radical (unpaired) electrons. The molecule has 1 aliphatic heterocycles. The average Bonchev–Trinajstić information content (AvgIpc) is 2.42. The van der Waals surface area contributed by atoms with Crippen LogP contribution in [-0.4, -0.2) is 29.1 Å². The molecule has 3 nitrogen and oxygen atoms in total. The number of carbonyl (C=O) groups is 1. The number of carboxylic acid groups (broad SMARTS) is 1. The molecule has 20 heavy (non-hydrogen) atoms. The highest BCUT2D eigenvalue weighted by atomic mass is 35.5. The number of halogens is 2. The van der Waals surface area contributed by atoms with Gasteiger partial charge < -0.3 is 5.11 Å². The number of carboxylic acids is 1. The smallest absolute Gasteiger partial charge is 0.303 e. The Balaban J connectivity index is 1.79. The second-order valence-corrected chi connectivity index (χ2v) is 6.21. The van der Waals surface area contributed by atoms with Gasteiger partial charge in [0.05, 0.1) is 10.0 Å². The molecule has 5 heteroatoms. The number of rotatable bonds is 5. The van der Waals surface area contributed by atoms with E-state index in [1.54, 1.807) is 0 Å². The molecule has 0 saturated carbocycles. The first kappa shape index (κ1) is 15.6. The summed E-state index contributed by atoms with van der Waals surface area (Å²) in [6, 6.07) is 5.75. The Morgan fingerprint density at radius 2 is 1.95 bits per heavy atom. The van der Waals surface area contributed by atoms with Crippen molar-refractivity contribution in [2.45, 2.75) is 32.2 Å². The molecular weight excluding hydrogens is 297 g/mol. The number of likely N-dealkylation sites (tertiary alicyclic amines) is 1. The van der Waals surface area contributed by atoms with Crippen molar-refractivity contribution in [2.24, 2.45) is 5.92 Å². The van der Waals surface area contributed by atoms with E-state index in [0.717, 1.165) is 38.9 Å². The topological polar surface area (TPSA) is 40.5 Å². The Morgan fingerprint density at radius 1 is 1.25 bits per heavy atom. The molecule has 0 aliphatic carbocycles. The van der Waals surface area contributed by atoms with Crippen LogP contribution in [0.3, 0.4) is 0 Å². The third kappa shape index (κ3) is 4.65. The minimum Gasteiger partial charge on any atom is -0.481 e. The minimum absolute atomic E-state index is 0.289. The van der Waals surface area contributed by atoms with Gasteiger partial charge in [0, 0.05) is 13.0 Å². The van der Waals surface area contributed by atoms with Crippen LogP contribution in [0.25, 0.3) is 0 Å². The van der Waals surface area contributed by atoms with E-state index in [1.165, 1.54) is 5.56 Å². The SMILES string of the molecule is O=C(O)CCC1CCN(Cc2ccc(Cl)c(Cl)c2)CC1. The Labute approximate surface area is 129 Å². The van der Waals surface area contributed by atoms with Crippen molar-refractivity contribution < 1.29 is 9.90 Å². The molecule has 110 valence electrons. The van der Waals surface area contributed by atoms with Crippen molar-refractivity contribution in [3.05, 3.63) is 33.8 Å². The Hall–Kier alpha value is -0.770. The van der Waals surface area contributed by atoms with E-state index in [0.29, 0.717) is 16.0 Å². The highest BCUT2D eigenvalue weighted by Gasteiger charge is 2.19. The summed E-state index contributed by atoms with van der Waals surface area (Å²) in [5, 5.41) is 9.89. The van der Waals surface area contributed by atoms with Gasteiger partial charge in [-0.05, 0) is 56.0 Å². The van der Waals surface area contributed by atoms with Crippen molar-refractivity contribution in [1.82, 2.24) is 4.90 Å². The lowest BCUT2D eigenvalue weighted by atomic mass is 9.92. The minimum atomic E-state index is -0.691. The molecule has 1 fully saturated rings. The average molecular weight is 316 g/mol. The number of piperidine rings is 1. The van der Waals surface area contributed by atoms with Gasteiger partial charge in [-0.15, -0.1) is 0 Å². The van der Waals surface area contributed by atoms with Crippen molar-refractivity contribution >= 4 is 29.2 Å². The summed E-state index contributed by atoms with van der Waals surface area (Å²) in [5.41, 5.74) is 1.17. The third-order valence-electron chi connectivity index (χ3n) is 3.86. The van der Waals surface area contributed by atoms with Crippen molar-refractivity contribution in [1.29, 1.82) is 0 Å². The first-order chi connectivity index (χ1) is 9.54. The molecular formula is C15H19Cl2NO2. The monoisotopic (exact) mass is 315 g/mol. The molecule has 1 aliphatic rings. The molecule has 0 aromatic heterocycles. The fourth-order valence-corrected chi connectivity index (χ4v) is 2.98. The third-order valence-corrected chi connectivity index (χ3v) is 4.60. The van der Waals surface area contributed by atoms with Crippen LogP contribution in [0.4, 0.5) is 0 Å². The Kier molecular flexibility index (Phi) is 5.70. The van der Waals surface area contributed by atoms with Crippen LogP contribution in [0, 0.1) is 5.92 Å². The predicted octanol–water partition coefficient (Wildman–Crippen LogP) is 4.07. The number of nitrogens with zero attached hydrogens (tertiary/aromatic N) is 1. The summed E-state index contributed by atoms with van der Waals surface area (Å²) in [5.74, 6) is -0.139. The zero-order valence-electron chi connectivity index (χ0n) is 11.3. The lowest BCUT2D eigenvalue weighted by molar-refractivity contribution is -0.137. The van der Waals surface area contributed by atoms with E-state index in [9.17, 15) is 4.79 Å². The molecule has 0 amide bonds. The van der Waals surface area contributed by atoms with Crippen LogP contribution < -0.4 is 0 Å². The molecule has 1 heterocycles. The standard InChI is InChI=1S/C15H19Cl2NO2/c16-13-3-1-12(9-14(13)17)10-18-7-5-11(6-8-18)2-4-15(19)20/h1,3,9,11H,2,4-8,10H2,(H,19,20). The second kappa shape index (κ2) is 7.30. The maximum atomic E-state index is 10.6. The molecule has 0 atom stereocenters. The fraction of sp³-hybridized carbons (Fsp3) is 0.533. The van der Waals surface area contributed by atoms with Crippen molar-refractivity contribution in [2.75, 3.05) is 13.1 Å². The fourth-order valence-electron chi connectivity index (χ4n) is 2.66. The largest absolute Gasteiger partial charge is 0.481 e. The van der Waals surface area contributed by atoms with Gasteiger partial charge in [-0.25, -0.2) is 0 Å². The van der Waals surface area contributed by atoms with Gasteiger partial charge in [0.15, 0.2) is 0 Å². The number of aliphatic carboxylic acids is 1. The summed E-state index contributed by atoms with van der Waals surface area (Å²) in [7, 11) is 0. The van der Waals surface area contributed by atoms with Crippen molar-refractivity contribution in [3.8, 4) is 0 Å². The van der Waals surface area contributed by atoms with E-state index in [-0.39, 0.29) is 6.42 Å². The summed E-state index contributed by atoms with van der Waals surface area (Å²) in [6.45, 7) is 2.91. The zero-order chi connectivity index (χ0) is 14.5. The number of benzene rings is 1. The quantitative estimate of drug-likeness (QED) is 0.890. The highest BCUT2D eigenvalue weighted by molar-refractivity contribution is 6.42. The van der Waals surface area contributed by atoms with E-state index in [4.69, 9.17) is 28.3 Å². The lowest BCUT2D eigenvalue weighted by Crippen LogP contribution is -2.33. The Morgan fingerprint density at radius 3 is 2.55 bits per heavy atom. The zero-order valence-corrected chi connectivity index (χ0v) is 12.8. The van der Waals surface area contributed by atoms with Gasteiger partial charge in [-0.3, -0.25) is 9.69 Å². The van der Waals surface area contributed by atoms with E-state index in [2.05, 4.69) is 4.90 Å². The summed E-state index contributed by atoms with van der Waals surface area (Å²) in [4.78, 5) is 13.0. The highest BCUT2D eigenvalue weighted by Crippen LogP contribution is 2.26. The lowest BCUT2D eigenvalue weighted by Gasteiger charge is -2.31. The molecule has 0 spiro atoms. The van der Waals surface area contributed by atoms with Crippen LogP contribution in [0.2, 0.25) is 10.0 Å². The van der Waals surface area contributed by atoms with E-state index in [1.807, 2.05) is 18.2 Å². The van der Waals surface area contributed by atoms with E-state index < -0.39 is 5.97 Å². The van der Waals surface area contributed by atoms with Gasteiger partial charge in [0.1, 0.15) is 0 Å². The maximum absolute atomic E-state index is 10.6. The molecule has 1 saturated heterocycles. The molecule has 1 aromatic rings. The number of hydrogen-bond donors (Lipinski definition) is 1. The van der Waals surface area contributed by atoms with Gasteiger partial charge >= 0.3 is 5.97 Å². The van der Waals surface area contributed by atoms with Crippen molar-refractivity contribution in [3.63, 3.8) is 0 Å². The first-order valence-corrected chi connectivity index (χ1v) is 7.68. The summed E-state index contributed by atoms with van der Waals surface area (Å²) in [6.07, 6.45) is 3.25. The molecule has 1 N–H and O–H groups in total. The normalized spacial score (nSPS) is 17.3. The number of hydrogen-bond acceptors (Lipinski definition) is 2. The second-order valence-electron chi connectivity index (χ2n) is 5.40. The van der Waals surface area contributed by atoms with E-state index >= 15 is 0 Å². The summed E-state index contributed by atoms with van der Waals surface area (Å²) < 4.78 is 0. The van der Waals surface area contributed by atoms with Crippen LogP contribution in [0.15, 0.2) is 18.2 Å². The van der Waals surface area contributed by atoms with Crippen LogP contribution in [-0.2, 0) is 11.3 Å². The predicted molar refractivity (Wildman–Crippen MR) is 81.3 cm³/mol. The van der Waals surface area contributed by atoms with Gasteiger partial charge in [0.25, 0.3) is 0 Å². The maximum Gasteiger partial charge on any atom is 0.303 e. The summed E-state index contributed by atoms with van der Waals surface area (Å²) >= 11 is 11.9. The first-order valence-electron chi connectivity index (χ1n) is 6.92. The molecule has 2 rings (SSSR count). The molecule has 0 bridgehead atoms. The van der Waals surface area contributed by atoms with Crippen LogP contribution in [0.1, 0.15) is 31.2 Å². The van der Waals surface area contributed by atoms with Crippen LogP contribution in [0.5, 0.6) is 0 Å². The van der Waals surface area contributed by atoms with Gasteiger partial charge in [-0.2, -0.15) is 0 Å². The molecule has 0 unspecified atom stereocenters. The molecule has 1 aromatic carbocycles. The van der Waals surface area contributed by atoms with Gasteiger partial charge in [0.2, 0.25) is 0 Å². The Bertz CT molecular complexity index is 471.